The molecule has 174 valence electrons. The van der Waals surface area contributed by atoms with Gasteiger partial charge in [0.05, 0.1) is 23.3 Å². The van der Waals surface area contributed by atoms with Crippen molar-refractivity contribution in [2.24, 2.45) is 5.14 Å². The van der Waals surface area contributed by atoms with Crippen molar-refractivity contribution >= 4 is 44.3 Å². The number of fused-ring (bicyclic) bond motifs is 1. The number of carbonyl (C=O) groups is 2. The Morgan fingerprint density at radius 2 is 1.82 bits per heavy atom. The molecule has 7 nitrogen and oxygen atoms in total. The standard InChI is InChI=1S/C24H25ClN2O5S/c1-13-7-6-10-17-18(13)20(22(28)24(29)32-2)21(27-17)15-11-12-16(25)19(23(15)33(26,30)31)14-8-4-3-5-9-14/h6-7,10-12,14,27H,3-5,8-9H2,1-2H3,(H2,26,30,31). The fourth-order valence-corrected chi connectivity index (χ4v) is 6.33. The highest BCUT2D eigenvalue weighted by molar-refractivity contribution is 7.89. The molecule has 33 heavy (non-hydrogen) atoms. The van der Waals surface area contributed by atoms with Crippen LogP contribution in [-0.4, -0.2) is 32.3 Å². The van der Waals surface area contributed by atoms with Crippen molar-refractivity contribution in [3.05, 3.63) is 52.0 Å². The molecule has 2 aromatic carbocycles. The van der Waals surface area contributed by atoms with Crippen LogP contribution in [0.4, 0.5) is 0 Å². The summed E-state index contributed by atoms with van der Waals surface area (Å²) in [6, 6.07) is 8.53. The van der Waals surface area contributed by atoms with E-state index in [4.69, 9.17) is 16.7 Å². The van der Waals surface area contributed by atoms with Gasteiger partial charge in [0.25, 0.3) is 5.78 Å². The summed E-state index contributed by atoms with van der Waals surface area (Å²) in [5.41, 5.74) is 2.28. The minimum atomic E-state index is -4.23. The van der Waals surface area contributed by atoms with Crippen molar-refractivity contribution in [1.82, 2.24) is 4.98 Å². The third-order valence-electron chi connectivity index (χ3n) is 6.34. The topological polar surface area (TPSA) is 119 Å². The molecule has 1 aliphatic carbocycles. The Morgan fingerprint density at radius 3 is 2.45 bits per heavy atom. The van der Waals surface area contributed by atoms with Crippen LogP contribution in [0.5, 0.6) is 0 Å². The highest BCUT2D eigenvalue weighted by Gasteiger charge is 2.33. The Labute approximate surface area is 197 Å². The molecule has 1 saturated carbocycles. The van der Waals surface area contributed by atoms with Gasteiger partial charge in [-0.1, -0.05) is 43.0 Å². The maximum absolute atomic E-state index is 13.1. The summed E-state index contributed by atoms with van der Waals surface area (Å²) in [7, 11) is -3.11. The van der Waals surface area contributed by atoms with Crippen molar-refractivity contribution in [3.63, 3.8) is 0 Å². The number of benzene rings is 2. The molecule has 0 aliphatic heterocycles. The Balaban J connectivity index is 2.10. The number of aromatic amines is 1. The van der Waals surface area contributed by atoms with Crippen molar-refractivity contribution < 1.29 is 22.7 Å². The number of sulfonamides is 1. The molecule has 0 unspecified atom stereocenters. The second-order valence-corrected chi connectivity index (χ2v) is 10.3. The molecule has 0 atom stereocenters. The van der Waals surface area contributed by atoms with Crippen molar-refractivity contribution in [2.45, 2.75) is 49.8 Å². The Kier molecular flexibility index (Phi) is 6.35. The van der Waals surface area contributed by atoms with E-state index in [0.717, 1.165) is 44.8 Å². The van der Waals surface area contributed by atoms with Crippen LogP contribution in [0, 0.1) is 6.92 Å². The number of methoxy groups -OCH3 is 1. The summed E-state index contributed by atoms with van der Waals surface area (Å²) in [5, 5.41) is 6.58. The number of carbonyl (C=O) groups excluding carboxylic acids is 2. The quantitative estimate of drug-likeness (QED) is 0.302. The van der Waals surface area contributed by atoms with Gasteiger partial charge in [-0.05, 0) is 55.0 Å². The molecule has 0 radical (unpaired) electrons. The van der Waals surface area contributed by atoms with Gasteiger partial charge in [-0.2, -0.15) is 0 Å². The van der Waals surface area contributed by atoms with Crippen molar-refractivity contribution in [2.75, 3.05) is 7.11 Å². The Hall–Kier alpha value is -2.68. The number of H-pyrrole nitrogens is 1. The lowest BCUT2D eigenvalue weighted by Crippen LogP contribution is -2.20. The number of nitrogens with one attached hydrogen (secondary N) is 1. The zero-order chi connectivity index (χ0) is 23.9. The van der Waals surface area contributed by atoms with Crippen LogP contribution >= 0.6 is 11.6 Å². The van der Waals surface area contributed by atoms with Gasteiger partial charge in [-0.25, -0.2) is 18.4 Å². The lowest BCUT2D eigenvalue weighted by Gasteiger charge is -2.26. The number of Topliss-reactive ketones (excluding diaryl/α,β-unsaturated/α-hetero) is 1. The van der Waals surface area contributed by atoms with E-state index < -0.39 is 21.8 Å². The third-order valence-corrected chi connectivity index (χ3v) is 7.68. The maximum Gasteiger partial charge on any atom is 0.379 e. The molecule has 9 heteroatoms. The first-order valence-corrected chi connectivity index (χ1v) is 12.7. The van der Waals surface area contributed by atoms with E-state index in [0.29, 0.717) is 21.5 Å². The highest BCUT2D eigenvalue weighted by atomic mass is 35.5. The van der Waals surface area contributed by atoms with Gasteiger partial charge in [-0.15, -0.1) is 0 Å². The van der Waals surface area contributed by atoms with Crippen LogP contribution in [0.1, 0.15) is 59.5 Å². The first-order chi connectivity index (χ1) is 15.6. The third kappa shape index (κ3) is 4.18. The average Bonchev–Trinajstić information content (AvgIpc) is 3.18. The molecular weight excluding hydrogens is 464 g/mol. The fraction of sp³-hybridized carbons (Fsp3) is 0.333. The number of aryl methyl sites for hydroxylation is 1. The van der Waals surface area contributed by atoms with Crippen LogP contribution in [0.3, 0.4) is 0 Å². The second-order valence-electron chi connectivity index (χ2n) is 8.41. The molecule has 1 fully saturated rings. The molecule has 0 saturated heterocycles. The summed E-state index contributed by atoms with van der Waals surface area (Å²) < 4.78 is 30.5. The molecule has 3 aromatic rings. The van der Waals surface area contributed by atoms with Gasteiger partial charge in [0.2, 0.25) is 10.0 Å². The number of ketones is 1. The number of nitrogens with two attached hydrogens (primary N) is 1. The maximum atomic E-state index is 13.1. The molecule has 4 rings (SSSR count). The van der Waals surface area contributed by atoms with E-state index in [-0.39, 0.29) is 27.6 Å². The van der Waals surface area contributed by atoms with Gasteiger partial charge in [0, 0.05) is 21.5 Å². The van der Waals surface area contributed by atoms with Crippen LogP contribution < -0.4 is 5.14 Å². The van der Waals surface area contributed by atoms with E-state index in [9.17, 15) is 18.0 Å². The Morgan fingerprint density at radius 1 is 1.12 bits per heavy atom. The zero-order valence-electron chi connectivity index (χ0n) is 18.4. The van der Waals surface area contributed by atoms with E-state index in [1.54, 1.807) is 18.2 Å². The molecule has 1 aliphatic rings. The molecule has 0 amide bonds. The predicted octanol–water partition coefficient (Wildman–Crippen LogP) is 4.85. The van der Waals surface area contributed by atoms with Crippen LogP contribution in [0.15, 0.2) is 35.2 Å². The lowest BCUT2D eigenvalue weighted by atomic mass is 9.83. The molecular formula is C24H25ClN2O5S. The first kappa shape index (κ1) is 23.5. The number of aromatic nitrogens is 1. The fourth-order valence-electron chi connectivity index (χ4n) is 4.90. The van der Waals surface area contributed by atoms with E-state index in [1.165, 1.54) is 6.07 Å². The number of esters is 1. The van der Waals surface area contributed by atoms with Gasteiger partial charge in [-0.3, -0.25) is 4.79 Å². The summed E-state index contributed by atoms with van der Waals surface area (Å²) >= 11 is 6.54. The average molecular weight is 489 g/mol. The summed E-state index contributed by atoms with van der Waals surface area (Å²) in [5.74, 6) is -1.98. The van der Waals surface area contributed by atoms with Gasteiger partial charge in [0.15, 0.2) is 0 Å². The van der Waals surface area contributed by atoms with Gasteiger partial charge >= 0.3 is 5.97 Å². The number of primary sulfonamides is 1. The second kappa shape index (κ2) is 8.93. The SMILES string of the molecule is COC(=O)C(=O)c1c(-c2ccc(Cl)c(C3CCCCC3)c2S(N)(=O)=O)[nH]c2cccc(C)c12. The van der Waals surface area contributed by atoms with Gasteiger partial charge in [0.1, 0.15) is 0 Å². The molecule has 3 N–H and O–H groups in total. The van der Waals surface area contributed by atoms with Crippen molar-refractivity contribution in [1.29, 1.82) is 0 Å². The van der Waals surface area contributed by atoms with Crippen molar-refractivity contribution in [3.8, 4) is 11.3 Å². The van der Waals surface area contributed by atoms with Gasteiger partial charge < -0.3 is 9.72 Å². The first-order valence-electron chi connectivity index (χ1n) is 10.7. The molecule has 1 heterocycles. The lowest BCUT2D eigenvalue weighted by molar-refractivity contribution is -0.135. The molecule has 0 spiro atoms. The van der Waals surface area contributed by atoms with Crippen LogP contribution in [-0.2, 0) is 19.6 Å². The monoisotopic (exact) mass is 488 g/mol. The minimum absolute atomic E-state index is 0.0526. The van der Waals surface area contributed by atoms with E-state index >= 15 is 0 Å². The number of rotatable bonds is 5. The largest absolute Gasteiger partial charge is 0.463 e. The number of hydrogen-bond donors (Lipinski definition) is 2. The summed E-state index contributed by atoms with van der Waals surface area (Å²) in [6.07, 6.45) is 4.61. The number of ether oxygens (including phenoxy) is 1. The highest BCUT2D eigenvalue weighted by Crippen LogP contribution is 2.44. The summed E-state index contributed by atoms with van der Waals surface area (Å²) in [6.45, 7) is 1.81. The zero-order valence-corrected chi connectivity index (χ0v) is 20.0. The van der Waals surface area contributed by atoms with Crippen LogP contribution in [0.2, 0.25) is 5.02 Å². The summed E-state index contributed by atoms with van der Waals surface area (Å²) in [4.78, 5) is 28.4. The number of halogens is 1. The Bertz CT molecular complexity index is 1370. The molecule has 1 aromatic heterocycles. The number of hydrogen-bond acceptors (Lipinski definition) is 5. The predicted molar refractivity (Wildman–Crippen MR) is 127 cm³/mol. The van der Waals surface area contributed by atoms with E-state index in [1.807, 2.05) is 13.0 Å². The molecule has 0 bridgehead atoms. The minimum Gasteiger partial charge on any atom is -0.463 e. The smallest absolute Gasteiger partial charge is 0.379 e. The van der Waals surface area contributed by atoms with E-state index in [2.05, 4.69) is 9.72 Å². The normalized spacial score (nSPS) is 15.0. The van der Waals surface area contributed by atoms with Crippen LogP contribution in [0.25, 0.3) is 22.2 Å².